The average Bonchev–Trinajstić information content (AvgIpc) is 3.08. The summed E-state index contributed by atoms with van der Waals surface area (Å²) in [7, 11) is 1.38. The van der Waals surface area contributed by atoms with Crippen LogP contribution in [-0.2, 0) is 0 Å². The van der Waals surface area contributed by atoms with E-state index in [1.54, 1.807) is 12.4 Å². The molecule has 1 aromatic heterocycles. The molecule has 0 aliphatic heterocycles. The van der Waals surface area contributed by atoms with E-state index in [4.69, 9.17) is 4.74 Å². The molecule has 0 aliphatic rings. The Morgan fingerprint density at radius 1 is 1.28 bits per heavy atom. The number of carbonyl (C=O) groups excluding carboxylic acids is 1. The van der Waals surface area contributed by atoms with Gasteiger partial charge < -0.3 is 4.74 Å². The number of hydrogen-bond acceptors (Lipinski definition) is 5. The van der Waals surface area contributed by atoms with Crippen molar-refractivity contribution >= 4 is 17.5 Å². The van der Waals surface area contributed by atoms with Gasteiger partial charge in [0.2, 0.25) is 0 Å². The molecule has 2 aromatic carbocycles. The van der Waals surface area contributed by atoms with Crippen LogP contribution in [0, 0.1) is 12.7 Å². The third-order valence-corrected chi connectivity index (χ3v) is 4.64. The number of para-hydroxylation sites is 1. The van der Waals surface area contributed by atoms with Gasteiger partial charge in [0.1, 0.15) is 6.33 Å². The highest BCUT2D eigenvalue weighted by atomic mass is 32.2. The third kappa shape index (κ3) is 3.71. The second kappa shape index (κ2) is 7.48. The Bertz CT molecular complexity index is 911. The highest BCUT2D eigenvalue weighted by Gasteiger charge is 2.14. The predicted octanol–water partition coefficient (Wildman–Crippen LogP) is 3.70. The normalized spacial score (nSPS) is 10.7. The first kappa shape index (κ1) is 17.2. The summed E-state index contributed by atoms with van der Waals surface area (Å²) < 4.78 is 20.4. The highest BCUT2D eigenvalue weighted by molar-refractivity contribution is 7.99. The summed E-state index contributed by atoms with van der Waals surface area (Å²) >= 11 is 1.26. The molecule has 0 bridgehead atoms. The van der Waals surface area contributed by atoms with E-state index in [0.717, 1.165) is 11.3 Å². The molecule has 0 spiro atoms. The quantitative estimate of drug-likeness (QED) is 0.497. The number of methoxy groups -OCH3 is 1. The number of aromatic nitrogens is 3. The van der Waals surface area contributed by atoms with Crippen molar-refractivity contribution in [3.63, 3.8) is 0 Å². The minimum Gasteiger partial charge on any atom is -0.494 e. The number of benzene rings is 2. The zero-order valence-corrected chi connectivity index (χ0v) is 14.6. The van der Waals surface area contributed by atoms with Crippen LogP contribution < -0.4 is 4.74 Å². The Kier molecular flexibility index (Phi) is 5.14. The first-order valence-electron chi connectivity index (χ1n) is 7.55. The van der Waals surface area contributed by atoms with Gasteiger partial charge in [0.15, 0.2) is 22.5 Å². The van der Waals surface area contributed by atoms with Crippen LogP contribution in [0.4, 0.5) is 4.39 Å². The fourth-order valence-electron chi connectivity index (χ4n) is 2.38. The van der Waals surface area contributed by atoms with Crippen molar-refractivity contribution < 1.29 is 13.9 Å². The van der Waals surface area contributed by atoms with E-state index in [0.29, 0.717) is 10.7 Å². The maximum absolute atomic E-state index is 13.7. The topological polar surface area (TPSA) is 57.0 Å². The monoisotopic (exact) mass is 357 g/mol. The molecule has 0 fully saturated rings. The van der Waals surface area contributed by atoms with Gasteiger partial charge in [-0.05, 0) is 36.8 Å². The van der Waals surface area contributed by atoms with Crippen molar-refractivity contribution in [3.05, 3.63) is 65.7 Å². The maximum atomic E-state index is 13.7. The van der Waals surface area contributed by atoms with Crippen molar-refractivity contribution in [1.82, 2.24) is 14.8 Å². The fourth-order valence-corrected chi connectivity index (χ4v) is 3.19. The molecule has 3 rings (SSSR count). The number of aryl methyl sites for hydroxylation is 1. The highest BCUT2D eigenvalue weighted by Crippen LogP contribution is 2.24. The van der Waals surface area contributed by atoms with Gasteiger partial charge in [-0.15, -0.1) is 10.2 Å². The minimum absolute atomic E-state index is 0.114. The van der Waals surface area contributed by atoms with Gasteiger partial charge in [0, 0.05) is 5.56 Å². The lowest BCUT2D eigenvalue weighted by atomic mass is 10.1. The van der Waals surface area contributed by atoms with E-state index >= 15 is 0 Å². The van der Waals surface area contributed by atoms with Crippen LogP contribution in [-0.4, -0.2) is 33.4 Å². The molecule has 3 aromatic rings. The Balaban J connectivity index is 1.75. The molecule has 7 heteroatoms. The summed E-state index contributed by atoms with van der Waals surface area (Å²) in [5, 5.41) is 8.61. The van der Waals surface area contributed by atoms with Gasteiger partial charge in [0.05, 0.1) is 18.6 Å². The Hall–Kier alpha value is -2.67. The lowest BCUT2D eigenvalue weighted by Crippen LogP contribution is -2.05. The second-order valence-electron chi connectivity index (χ2n) is 5.33. The summed E-state index contributed by atoms with van der Waals surface area (Å²) in [4.78, 5) is 12.3. The summed E-state index contributed by atoms with van der Waals surface area (Å²) in [6.45, 7) is 2.00. The minimum atomic E-state index is -0.554. The van der Waals surface area contributed by atoms with E-state index in [9.17, 15) is 9.18 Å². The smallest absolute Gasteiger partial charge is 0.196 e. The first-order chi connectivity index (χ1) is 12.1. The van der Waals surface area contributed by atoms with Crippen LogP contribution in [0.5, 0.6) is 5.75 Å². The standard InChI is InChI=1S/C18H16FN3O2S/c1-12-5-3-4-6-15(12)22-11-20-21-18(22)25-10-16(23)13-7-8-17(24-2)14(19)9-13/h3-9,11H,10H2,1-2H3. The predicted molar refractivity (Wildman–Crippen MR) is 94.1 cm³/mol. The number of Topliss-reactive ketones (excluding diaryl/α,β-unsaturated/α-hetero) is 1. The summed E-state index contributed by atoms with van der Waals surface area (Å²) in [5.74, 6) is -0.494. The first-order valence-corrected chi connectivity index (χ1v) is 8.54. The lowest BCUT2D eigenvalue weighted by molar-refractivity contribution is 0.102. The number of ether oxygens (including phenoxy) is 1. The molecule has 0 amide bonds. The number of carbonyl (C=O) groups is 1. The number of nitrogens with zero attached hydrogens (tertiary/aromatic N) is 3. The molecule has 0 saturated heterocycles. The van der Waals surface area contributed by atoms with Crippen LogP contribution in [0.15, 0.2) is 53.9 Å². The summed E-state index contributed by atoms with van der Waals surface area (Å²) in [5.41, 5.74) is 2.33. The van der Waals surface area contributed by atoms with Gasteiger partial charge >= 0.3 is 0 Å². The van der Waals surface area contributed by atoms with Crippen molar-refractivity contribution in [2.75, 3.05) is 12.9 Å². The fraction of sp³-hybridized carbons (Fsp3) is 0.167. The maximum Gasteiger partial charge on any atom is 0.196 e. The third-order valence-electron chi connectivity index (χ3n) is 3.70. The van der Waals surface area contributed by atoms with E-state index in [-0.39, 0.29) is 17.3 Å². The SMILES string of the molecule is COc1ccc(C(=O)CSc2nncn2-c2ccccc2C)cc1F. The number of halogens is 1. The Labute approximate surface area is 148 Å². The van der Waals surface area contributed by atoms with Crippen LogP contribution in [0.3, 0.4) is 0 Å². The van der Waals surface area contributed by atoms with E-state index in [1.165, 1.54) is 31.0 Å². The molecule has 0 saturated carbocycles. The van der Waals surface area contributed by atoms with Crippen molar-refractivity contribution in [2.45, 2.75) is 12.1 Å². The number of rotatable bonds is 6. The van der Waals surface area contributed by atoms with Gasteiger partial charge in [0.25, 0.3) is 0 Å². The van der Waals surface area contributed by atoms with Crippen molar-refractivity contribution in [2.24, 2.45) is 0 Å². The van der Waals surface area contributed by atoms with Crippen molar-refractivity contribution in [1.29, 1.82) is 0 Å². The number of thioether (sulfide) groups is 1. The van der Waals surface area contributed by atoms with Crippen molar-refractivity contribution in [3.8, 4) is 11.4 Å². The Morgan fingerprint density at radius 3 is 2.80 bits per heavy atom. The molecule has 0 N–H and O–H groups in total. The average molecular weight is 357 g/mol. The Morgan fingerprint density at radius 2 is 2.08 bits per heavy atom. The van der Waals surface area contributed by atoms with Crippen LogP contribution in [0.25, 0.3) is 5.69 Å². The molecule has 128 valence electrons. The van der Waals surface area contributed by atoms with E-state index < -0.39 is 5.82 Å². The molecule has 0 unspecified atom stereocenters. The second-order valence-corrected chi connectivity index (χ2v) is 6.27. The molecule has 0 radical (unpaired) electrons. The van der Waals surface area contributed by atoms with Gasteiger partial charge in [-0.25, -0.2) is 4.39 Å². The molecule has 5 nitrogen and oxygen atoms in total. The molecule has 0 aliphatic carbocycles. The molecule has 0 atom stereocenters. The molecular weight excluding hydrogens is 341 g/mol. The molecule has 1 heterocycles. The van der Waals surface area contributed by atoms with E-state index in [1.807, 2.05) is 35.8 Å². The van der Waals surface area contributed by atoms with E-state index in [2.05, 4.69) is 10.2 Å². The molecular formula is C18H16FN3O2S. The van der Waals surface area contributed by atoms with Crippen LogP contribution in [0.2, 0.25) is 0 Å². The number of ketones is 1. The van der Waals surface area contributed by atoms with Crippen LogP contribution >= 0.6 is 11.8 Å². The largest absolute Gasteiger partial charge is 0.494 e. The van der Waals surface area contributed by atoms with Gasteiger partial charge in [-0.2, -0.15) is 0 Å². The molecule has 25 heavy (non-hydrogen) atoms. The summed E-state index contributed by atoms with van der Waals surface area (Å²) in [6, 6.07) is 12.0. The zero-order valence-electron chi connectivity index (χ0n) is 13.8. The van der Waals surface area contributed by atoms with Gasteiger partial charge in [-0.1, -0.05) is 30.0 Å². The van der Waals surface area contributed by atoms with Gasteiger partial charge in [-0.3, -0.25) is 9.36 Å². The lowest BCUT2D eigenvalue weighted by Gasteiger charge is -2.09. The summed E-state index contributed by atoms with van der Waals surface area (Å²) in [6.07, 6.45) is 1.61. The van der Waals surface area contributed by atoms with Crippen LogP contribution in [0.1, 0.15) is 15.9 Å². The number of hydrogen-bond donors (Lipinski definition) is 0. The zero-order chi connectivity index (χ0) is 17.8.